The smallest absolute Gasteiger partial charge is 0.253 e. The first kappa shape index (κ1) is 14.3. The van der Waals surface area contributed by atoms with Crippen LogP contribution in [-0.4, -0.2) is 17.4 Å². The average Bonchev–Trinajstić information content (AvgIpc) is 2.44. The predicted molar refractivity (Wildman–Crippen MR) is 80.8 cm³/mol. The van der Waals surface area contributed by atoms with Gasteiger partial charge in [-0.25, -0.2) is 0 Å². The van der Waals surface area contributed by atoms with Crippen LogP contribution in [0.25, 0.3) is 0 Å². The molecule has 0 aliphatic carbocycles. The van der Waals surface area contributed by atoms with Gasteiger partial charge in [0.15, 0.2) is 0 Å². The highest BCUT2D eigenvalue weighted by Gasteiger charge is 2.09. The second-order valence-electron chi connectivity index (χ2n) is 4.45. The molecule has 0 saturated carbocycles. The van der Waals surface area contributed by atoms with Crippen LogP contribution in [0.2, 0.25) is 5.02 Å². The number of hydrogen-bond acceptors (Lipinski definition) is 3. The third-order valence-corrected chi connectivity index (χ3v) is 3.14. The number of rotatable bonds is 5. The molecule has 3 N–H and O–H groups in total. The summed E-state index contributed by atoms with van der Waals surface area (Å²) in [6.07, 6.45) is 5.31. The van der Waals surface area contributed by atoms with Crippen molar-refractivity contribution < 1.29 is 4.79 Å². The van der Waals surface area contributed by atoms with Gasteiger partial charge in [0.2, 0.25) is 0 Å². The third kappa shape index (κ3) is 3.96. The van der Waals surface area contributed by atoms with E-state index in [2.05, 4.69) is 10.3 Å². The molecule has 4 nitrogen and oxygen atoms in total. The minimum absolute atomic E-state index is 0.176. The van der Waals surface area contributed by atoms with Crippen molar-refractivity contribution in [1.82, 2.24) is 10.3 Å². The first-order valence-corrected chi connectivity index (χ1v) is 6.77. The van der Waals surface area contributed by atoms with Crippen LogP contribution >= 0.6 is 11.6 Å². The van der Waals surface area contributed by atoms with Gasteiger partial charge >= 0.3 is 0 Å². The number of amides is 1. The Balaban J connectivity index is 1.80. The first-order valence-electron chi connectivity index (χ1n) is 6.39. The van der Waals surface area contributed by atoms with Gasteiger partial charge in [0, 0.05) is 29.6 Å². The molecule has 2 aromatic rings. The van der Waals surface area contributed by atoms with E-state index in [1.165, 1.54) is 0 Å². The van der Waals surface area contributed by atoms with Gasteiger partial charge in [-0.2, -0.15) is 0 Å². The summed E-state index contributed by atoms with van der Waals surface area (Å²) in [5.74, 6) is -0.176. The Morgan fingerprint density at radius 1 is 1.35 bits per heavy atom. The van der Waals surface area contributed by atoms with E-state index in [9.17, 15) is 4.79 Å². The summed E-state index contributed by atoms with van der Waals surface area (Å²) in [7, 11) is 0. The van der Waals surface area contributed by atoms with Gasteiger partial charge in [0.05, 0.1) is 5.56 Å². The number of aryl methyl sites for hydroxylation is 1. The molecular weight excluding hydrogens is 274 g/mol. The summed E-state index contributed by atoms with van der Waals surface area (Å²) in [6, 6.07) is 8.79. The van der Waals surface area contributed by atoms with Crippen molar-refractivity contribution >= 4 is 23.2 Å². The highest BCUT2D eigenvalue weighted by molar-refractivity contribution is 6.31. The number of hydrogen-bond donors (Lipinski definition) is 2. The zero-order chi connectivity index (χ0) is 14.4. The van der Waals surface area contributed by atoms with Crippen molar-refractivity contribution in [3.63, 3.8) is 0 Å². The topological polar surface area (TPSA) is 68.0 Å². The molecule has 1 heterocycles. The summed E-state index contributed by atoms with van der Waals surface area (Å²) in [5.41, 5.74) is 7.77. The molecule has 0 radical (unpaired) electrons. The molecule has 0 aliphatic rings. The van der Waals surface area contributed by atoms with Crippen LogP contribution in [0.4, 0.5) is 5.69 Å². The van der Waals surface area contributed by atoms with Crippen LogP contribution in [0.5, 0.6) is 0 Å². The van der Waals surface area contributed by atoms with Gasteiger partial charge in [-0.3, -0.25) is 9.78 Å². The molecular formula is C15H16ClN3O. The Morgan fingerprint density at radius 3 is 2.90 bits per heavy atom. The van der Waals surface area contributed by atoms with Gasteiger partial charge in [0.25, 0.3) is 5.91 Å². The van der Waals surface area contributed by atoms with Crippen LogP contribution in [0, 0.1) is 0 Å². The number of nitrogens with zero attached hydrogens (tertiary/aromatic N) is 1. The largest absolute Gasteiger partial charge is 0.398 e. The Labute approximate surface area is 123 Å². The monoisotopic (exact) mass is 289 g/mol. The van der Waals surface area contributed by atoms with E-state index in [4.69, 9.17) is 17.3 Å². The zero-order valence-electron chi connectivity index (χ0n) is 11.0. The quantitative estimate of drug-likeness (QED) is 0.657. The summed E-state index contributed by atoms with van der Waals surface area (Å²) in [4.78, 5) is 16.0. The van der Waals surface area contributed by atoms with Crippen LogP contribution in [0.15, 0.2) is 42.7 Å². The fourth-order valence-corrected chi connectivity index (χ4v) is 2.06. The summed E-state index contributed by atoms with van der Waals surface area (Å²) >= 11 is 5.80. The highest BCUT2D eigenvalue weighted by atomic mass is 35.5. The lowest BCUT2D eigenvalue weighted by molar-refractivity contribution is 0.0954. The molecule has 0 atom stereocenters. The molecule has 0 bridgehead atoms. The number of nitrogens with one attached hydrogen (secondary N) is 1. The maximum atomic E-state index is 11.9. The fraction of sp³-hybridized carbons (Fsp3) is 0.200. The van der Waals surface area contributed by atoms with E-state index in [1.807, 2.05) is 18.3 Å². The highest BCUT2D eigenvalue weighted by Crippen LogP contribution is 2.17. The van der Waals surface area contributed by atoms with E-state index in [1.54, 1.807) is 24.4 Å². The average molecular weight is 290 g/mol. The van der Waals surface area contributed by atoms with E-state index >= 15 is 0 Å². The lowest BCUT2D eigenvalue weighted by atomic mass is 10.1. The zero-order valence-corrected chi connectivity index (χ0v) is 11.7. The molecule has 2 rings (SSSR count). The third-order valence-electron chi connectivity index (χ3n) is 2.91. The molecule has 0 saturated heterocycles. The van der Waals surface area contributed by atoms with Crippen LogP contribution in [0.1, 0.15) is 22.3 Å². The lowest BCUT2D eigenvalue weighted by Gasteiger charge is -2.07. The Hall–Kier alpha value is -2.07. The van der Waals surface area contributed by atoms with Crippen molar-refractivity contribution in [2.45, 2.75) is 12.8 Å². The standard InChI is InChI=1S/C15H16ClN3O/c16-12-5-6-13(14(17)9-12)15(20)19-8-2-4-11-3-1-7-18-10-11/h1,3,5-7,9-10H,2,4,8,17H2,(H,19,20). The van der Waals surface area contributed by atoms with Crippen molar-refractivity contribution in [2.24, 2.45) is 0 Å². The molecule has 0 aliphatic heterocycles. The van der Waals surface area contributed by atoms with Crippen molar-refractivity contribution in [2.75, 3.05) is 12.3 Å². The number of nitrogen functional groups attached to an aromatic ring is 1. The van der Waals surface area contributed by atoms with Gasteiger partial charge < -0.3 is 11.1 Å². The van der Waals surface area contributed by atoms with Crippen LogP contribution in [0.3, 0.4) is 0 Å². The van der Waals surface area contributed by atoms with Gasteiger partial charge in [-0.1, -0.05) is 17.7 Å². The van der Waals surface area contributed by atoms with E-state index in [0.717, 1.165) is 18.4 Å². The molecule has 20 heavy (non-hydrogen) atoms. The lowest BCUT2D eigenvalue weighted by Crippen LogP contribution is -2.25. The SMILES string of the molecule is Nc1cc(Cl)ccc1C(=O)NCCCc1cccnc1. The molecule has 0 spiro atoms. The Kier molecular flexibility index (Phi) is 4.96. The van der Waals surface area contributed by atoms with Crippen molar-refractivity contribution in [3.8, 4) is 0 Å². The Morgan fingerprint density at radius 2 is 2.20 bits per heavy atom. The summed E-state index contributed by atoms with van der Waals surface area (Å²) in [5, 5.41) is 3.37. The number of anilines is 1. The molecule has 5 heteroatoms. The van der Waals surface area contributed by atoms with Crippen molar-refractivity contribution in [1.29, 1.82) is 0 Å². The molecule has 1 aromatic heterocycles. The number of carbonyl (C=O) groups excluding carboxylic acids is 1. The Bertz CT molecular complexity index is 587. The predicted octanol–water partition coefficient (Wildman–Crippen LogP) is 2.68. The van der Waals surface area contributed by atoms with E-state index < -0.39 is 0 Å². The first-order chi connectivity index (χ1) is 9.66. The van der Waals surface area contributed by atoms with E-state index in [0.29, 0.717) is 22.8 Å². The molecule has 0 fully saturated rings. The number of benzene rings is 1. The number of halogens is 1. The van der Waals surface area contributed by atoms with Crippen molar-refractivity contribution in [3.05, 3.63) is 58.9 Å². The second-order valence-corrected chi connectivity index (χ2v) is 4.89. The number of nitrogens with two attached hydrogens (primary N) is 1. The molecule has 104 valence electrons. The number of pyridine rings is 1. The van der Waals surface area contributed by atoms with Gasteiger partial charge in [-0.05, 0) is 42.7 Å². The fourth-order valence-electron chi connectivity index (χ4n) is 1.88. The van der Waals surface area contributed by atoms with Crippen LogP contribution < -0.4 is 11.1 Å². The minimum Gasteiger partial charge on any atom is -0.398 e. The number of aromatic nitrogens is 1. The van der Waals surface area contributed by atoms with Gasteiger partial charge in [0.1, 0.15) is 0 Å². The molecule has 1 aromatic carbocycles. The summed E-state index contributed by atoms with van der Waals surface area (Å²) in [6.45, 7) is 0.593. The molecule has 1 amide bonds. The minimum atomic E-state index is -0.176. The van der Waals surface area contributed by atoms with Crippen LogP contribution in [-0.2, 0) is 6.42 Å². The normalized spacial score (nSPS) is 10.2. The van der Waals surface area contributed by atoms with Gasteiger partial charge in [-0.15, -0.1) is 0 Å². The number of carbonyl (C=O) groups is 1. The summed E-state index contributed by atoms with van der Waals surface area (Å²) < 4.78 is 0. The second kappa shape index (κ2) is 6.91. The maximum Gasteiger partial charge on any atom is 0.253 e. The molecule has 0 unspecified atom stereocenters. The maximum absolute atomic E-state index is 11.9. The van der Waals surface area contributed by atoms with E-state index in [-0.39, 0.29) is 5.91 Å².